The molecule has 2 aromatic heterocycles. The molecule has 0 saturated heterocycles. The molecule has 0 spiro atoms. The van der Waals surface area contributed by atoms with Crippen LogP contribution in [-0.4, -0.2) is 25.5 Å². The number of anilines is 1. The first-order chi connectivity index (χ1) is 9.66. The van der Waals surface area contributed by atoms with Gasteiger partial charge in [-0.3, -0.25) is 4.79 Å². The quantitative estimate of drug-likeness (QED) is 0.556. The number of fused-ring (bicyclic) bond motifs is 1. The number of carbonyl (C=O) groups is 1. The van der Waals surface area contributed by atoms with Crippen LogP contribution >= 0.6 is 23.3 Å². The Bertz CT molecular complexity index is 591. The smallest absolute Gasteiger partial charge is 0.163 e. The van der Waals surface area contributed by atoms with Crippen LogP contribution in [0.4, 0.5) is 5.82 Å². The molecule has 0 aliphatic heterocycles. The molecule has 0 aromatic carbocycles. The van der Waals surface area contributed by atoms with E-state index in [2.05, 4.69) is 38.4 Å². The summed E-state index contributed by atoms with van der Waals surface area (Å²) in [4.78, 5) is 19.1. The average Bonchev–Trinajstić information content (AvgIpc) is 2.78. The summed E-state index contributed by atoms with van der Waals surface area (Å²) in [7, 11) is 0. The SMILES string of the molecule is CC.Cc1nn(C2CC(=O)C2)c2ncnc(N)c12.SS. The van der Waals surface area contributed by atoms with Crippen molar-refractivity contribution in [3.05, 3.63) is 12.0 Å². The maximum Gasteiger partial charge on any atom is 0.163 e. The van der Waals surface area contributed by atoms with E-state index >= 15 is 0 Å². The van der Waals surface area contributed by atoms with Crippen molar-refractivity contribution in [1.82, 2.24) is 19.7 Å². The zero-order valence-electron chi connectivity index (χ0n) is 11.7. The summed E-state index contributed by atoms with van der Waals surface area (Å²) in [5.74, 6) is 0.715. The maximum absolute atomic E-state index is 11.0. The van der Waals surface area contributed by atoms with Gasteiger partial charge in [-0.25, -0.2) is 14.6 Å². The summed E-state index contributed by atoms with van der Waals surface area (Å²) in [5.41, 5.74) is 7.32. The van der Waals surface area contributed by atoms with Crippen LogP contribution in [0.25, 0.3) is 11.0 Å². The van der Waals surface area contributed by atoms with Crippen molar-refractivity contribution >= 4 is 46.0 Å². The predicted molar refractivity (Wildman–Crippen MR) is 87.1 cm³/mol. The number of hydrogen-bond acceptors (Lipinski definition) is 7. The first kappa shape index (κ1) is 16.8. The molecular formula is C12H19N5OS2. The minimum Gasteiger partial charge on any atom is -0.383 e. The largest absolute Gasteiger partial charge is 0.383 e. The van der Waals surface area contributed by atoms with Gasteiger partial charge >= 0.3 is 0 Å². The number of Topliss-reactive ketones (excluding diaryl/α,β-unsaturated/α-hetero) is 1. The zero-order valence-corrected chi connectivity index (χ0v) is 13.5. The van der Waals surface area contributed by atoms with Crippen LogP contribution in [0.2, 0.25) is 0 Å². The molecule has 1 aliphatic carbocycles. The second kappa shape index (κ2) is 7.49. The Kier molecular flexibility index (Phi) is 6.28. The van der Waals surface area contributed by atoms with Gasteiger partial charge in [-0.2, -0.15) is 5.10 Å². The number of nitrogens with zero attached hydrogens (tertiary/aromatic N) is 4. The van der Waals surface area contributed by atoms with Gasteiger partial charge in [-0.1, -0.05) is 13.8 Å². The van der Waals surface area contributed by atoms with Gasteiger partial charge < -0.3 is 5.73 Å². The van der Waals surface area contributed by atoms with Crippen LogP contribution in [-0.2, 0) is 4.79 Å². The van der Waals surface area contributed by atoms with E-state index in [1.54, 1.807) is 4.68 Å². The van der Waals surface area contributed by atoms with Gasteiger partial charge in [0.1, 0.15) is 17.9 Å². The highest BCUT2D eigenvalue weighted by Gasteiger charge is 2.31. The van der Waals surface area contributed by atoms with E-state index in [-0.39, 0.29) is 11.8 Å². The summed E-state index contributed by atoms with van der Waals surface area (Å²) in [6.07, 6.45) is 2.51. The number of hydrogen-bond donors (Lipinski definition) is 3. The Morgan fingerprint density at radius 1 is 1.30 bits per heavy atom. The van der Waals surface area contributed by atoms with Gasteiger partial charge in [0, 0.05) is 12.8 Å². The Morgan fingerprint density at radius 3 is 2.45 bits per heavy atom. The van der Waals surface area contributed by atoms with Gasteiger partial charge in [-0.15, -0.1) is 23.3 Å². The normalized spacial score (nSPS) is 13.9. The topological polar surface area (TPSA) is 86.7 Å². The average molecular weight is 313 g/mol. The minimum atomic E-state index is 0.137. The zero-order chi connectivity index (χ0) is 15.3. The monoisotopic (exact) mass is 313 g/mol. The molecule has 0 amide bonds. The predicted octanol–water partition coefficient (Wildman–Crippen LogP) is 2.41. The molecule has 1 aliphatic rings. The first-order valence-corrected chi connectivity index (χ1v) is 7.94. The van der Waals surface area contributed by atoms with Crippen molar-refractivity contribution in [2.45, 2.75) is 39.7 Å². The van der Waals surface area contributed by atoms with E-state index < -0.39 is 0 Å². The van der Waals surface area contributed by atoms with E-state index in [0.29, 0.717) is 18.7 Å². The van der Waals surface area contributed by atoms with Crippen LogP contribution in [0.1, 0.15) is 38.4 Å². The molecule has 2 heterocycles. The third-order valence-electron chi connectivity index (χ3n) is 2.97. The second-order valence-corrected chi connectivity index (χ2v) is 4.09. The number of aromatic nitrogens is 4. The van der Waals surface area contributed by atoms with E-state index in [4.69, 9.17) is 5.73 Å². The highest BCUT2D eigenvalue weighted by molar-refractivity contribution is 8.59. The van der Waals surface area contributed by atoms with Crippen LogP contribution in [0, 0.1) is 6.92 Å². The fourth-order valence-corrected chi connectivity index (χ4v) is 2.06. The van der Waals surface area contributed by atoms with Crippen LogP contribution in [0.15, 0.2) is 6.33 Å². The van der Waals surface area contributed by atoms with E-state index in [9.17, 15) is 4.79 Å². The highest BCUT2D eigenvalue weighted by atomic mass is 33.1. The Labute approximate surface area is 128 Å². The summed E-state index contributed by atoms with van der Waals surface area (Å²) < 4.78 is 1.80. The lowest BCUT2D eigenvalue weighted by atomic mass is 9.92. The van der Waals surface area contributed by atoms with Gasteiger partial charge in [0.25, 0.3) is 0 Å². The van der Waals surface area contributed by atoms with Gasteiger partial charge in [-0.05, 0) is 6.92 Å². The Balaban J connectivity index is 0.000000461. The number of nitrogen functional groups attached to an aromatic ring is 1. The summed E-state index contributed by atoms with van der Waals surface area (Å²) in [6.45, 7) is 5.87. The van der Waals surface area contributed by atoms with E-state index in [1.807, 2.05) is 20.8 Å². The Hall–Kier alpha value is -1.28. The van der Waals surface area contributed by atoms with Crippen molar-refractivity contribution in [2.75, 3.05) is 5.73 Å². The number of ketones is 1. The van der Waals surface area contributed by atoms with Crippen molar-refractivity contribution in [3.63, 3.8) is 0 Å². The van der Waals surface area contributed by atoms with Crippen molar-refractivity contribution < 1.29 is 4.79 Å². The molecule has 3 rings (SSSR count). The molecule has 6 nitrogen and oxygen atoms in total. The summed E-state index contributed by atoms with van der Waals surface area (Å²) in [6, 6.07) is 0.137. The number of aryl methyl sites for hydroxylation is 1. The van der Waals surface area contributed by atoms with Crippen LogP contribution in [0.5, 0.6) is 0 Å². The molecule has 0 bridgehead atoms. The van der Waals surface area contributed by atoms with Crippen molar-refractivity contribution in [2.24, 2.45) is 0 Å². The lowest BCUT2D eigenvalue weighted by Gasteiger charge is -2.24. The summed E-state index contributed by atoms with van der Waals surface area (Å²) in [5, 5.41) is 5.18. The van der Waals surface area contributed by atoms with Gasteiger partial charge in [0.2, 0.25) is 0 Å². The van der Waals surface area contributed by atoms with Gasteiger partial charge in [0.05, 0.1) is 17.1 Å². The lowest BCUT2D eigenvalue weighted by Crippen LogP contribution is -2.27. The molecule has 110 valence electrons. The molecular weight excluding hydrogens is 294 g/mol. The molecule has 2 aromatic rings. The first-order valence-electron chi connectivity index (χ1n) is 6.34. The minimum absolute atomic E-state index is 0.137. The van der Waals surface area contributed by atoms with E-state index in [0.717, 1.165) is 16.7 Å². The highest BCUT2D eigenvalue weighted by Crippen LogP contribution is 2.32. The molecule has 0 atom stereocenters. The van der Waals surface area contributed by atoms with Gasteiger partial charge in [0.15, 0.2) is 5.65 Å². The standard InChI is InChI=1S/C10H11N5O.C2H6.H2S2/c1-5-8-9(11)12-4-13-10(8)15(14-5)6-2-7(16)3-6;2*1-2/h4,6H,2-3H2,1H3,(H2,11,12,13);1-2H3;1-2H. The van der Waals surface area contributed by atoms with Crippen molar-refractivity contribution in [1.29, 1.82) is 0 Å². The third kappa shape index (κ3) is 3.06. The molecule has 8 heteroatoms. The molecule has 1 saturated carbocycles. The Morgan fingerprint density at radius 2 is 1.90 bits per heavy atom. The second-order valence-electron chi connectivity index (χ2n) is 4.09. The lowest BCUT2D eigenvalue weighted by molar-refractivity contribution is -0.126. The fraction of sp³-hybridized carbons (Fsp3) is 0.500. The number of nitrogens with two attached hydrogens (primary N) is 1. The number of carbonyl (C=O) groups excluding carboxylic acids is 1. The molecule has 0 unspecified atom stereocenters. The molecule has 0 radical (unpaired) electrons. The summed E-state index contributed by atoms with van der Waals surface area (Å²) >= 11 is 6.44. The number of rotatable bonds is 1. The maximum atomic E-state index is 11.0. The molecule has 1 fully saturated rings. The fourth-order valence-electron chi connectivity index (χ4n) is 2.06. The van der Waals surface area contributed by atoms with Crippen LogP contribution < -0.4 is 5.73 Å². The van der Waals surface area contributed by atoms with Crippen LogP contribution in [0.3, 0.4) is 0 Å². The number of thiol groups is 2. The van der Waals surface area contributed by atoms with E-state index in [1.165, 1.54) is 6.33 Å². The third-order valence-corrected chi connectivity index (χ3v) is 2.97. The molecule has 2 N–H and O–H groups in total. The van der Waals surface area contributed by atoms with Crippen molar-refractivity contribution in [3.8, 4) is 0 Å². The molecule has 20 heavy (non-hydrogen) atoms.